The van der Waals surface area contributed by atoms with Gasteiger partial charge in [-0.15, -0.1) is 0 Å². The van der Waals surface area contributed by atoms with Gasteiger partial charge < -0.3 is 14.7 Å². The summed E-state index contributed by atoms with van der Waals surface area (Å²) in [4.78, 5) is 8.26. The average Bonchev–Trinajstić information content (AvgIpc) is 2.86. The molecule has 12 rings (SSSR count). The fourth-order valence-electron chi connectivity index (χ4n) is 14.7. The zero-order valence-corrected chi connectivity index (χ0v) is 51.7. The van der Waals surface area contributed by atoms with Crippen molar-refractivity contribution in [1.82, 2.24) is 0 Å². The van der Waals surface area contributed by atoms with Crippen LogP contribution in [0.1, 0.15) is 139 Å². The number of nitrogens with zero attached hydrogens (tertiary/aromatic N) is 3. The minimum atomic E-state index is -1.14. The number of rotatable bonds is 6. The molecule has 3 aliphatic heterocycles. The van der Waals surface area contributed by atoms with E-state index in [0.29, 0.717) is 0 Å². The molecule has 0 radical (unpaired) electrons. The van der Waals surface area contributed by atoms with Crippen molar-refractivity contribution in [2.24, 2.45) is 10.8 Å². The smallest absolute Gasteiger partial charge is 0.252 e. The third-order valence-corrected chi connectivity index (χ3v) is 21.8. The molecule has 3 nitrogen and oxygen atoms in total. The van der Waals surface area contributed by atoms with Crippen molar-refractivity contribution in [2.75, 3.05) is 14.7 Å². The number of anilines is 8. The lowest BCUT2D eigenvalue weighted by Crippen LogP contribution is -2.63. The molecule has 402 valence electrons. The first kappa shape index (κ1) is 53.1. The summed E-state index contributed by atoms with van der Waals surface area (Å²) in [6.45, 7) is 41.6. The monoisotopic (exact) mass is 1050 g/mol. The molecule has 1 aliphatic carbocycles. The summed E-state index contributed by atoms with van der Waals surface area (Å²) in [6.07, 6.45) is 2.15. The molecule has 8 aromatic carbocycles. The zero-order valence-electron chi connectivity index (χ0n) is 50.6. The molecular weight excluding hydrogens is 970 g/mol. The van der Waals surface area contributed by atoms with Gasteiger partial charge in [0.15, 0.2) is 0 Å². The Labute approximate surface area is 476 Å². The number of hydrogen-bond donors (Lipinski definition) is 0. The SMILES string of the molecule is C[SiH](C)c1ccc2c(c1)C1(C)CC(C)(C)C(C)(C)CC1(C)N2c1cc2c3c(c1)N(c1ccc(C(C)(C)C)cc1-c1ccccc1)c1cc(C(C)(C)C)ccc1B3c1ccccc1N2c1ccc(C(C)(C)C)cc1-c1ccccc1. The number of fused-ring (bicyclic) bond motifs is 7. The van der Waals surface area contributed by atoms with E-state index >= 15 is 0 Å². The highest BCUT2D eigenvalue weighted by Gasteiger charge is 2.65. The Morgan fingerprint density at radius 3 is 1.41 bits per heavy atom. The van der Waals surface area contributed by atoms with E-state index in [4.69, 9.17) is 0 Å². The van der Waals surface area contributed by atoms with Crippen LogP contribution in [0.5, 0.6) is 0 Å². The fraction of sp³-hybridized carbons (Fsp3) is 0.351. The summed E-state index contributed by atoms with van der Waals surface area (Å²) in [6, 6.07) is 66.8. The number of benzene rings is 8. The third kappa shape index (κ3) is 8.24. The topological polar surface area (TPSA) is 9.72 Å². The van der Waals surface area contributed by atoms with E-state index in [1.165, 1.54) is 106 Å². The first-order chi connectivity index (χ1) is 37.1. The molecule has 4 aliphatic rings. The average molecular weight is 1050 g/mol. The second kappa shape index (κ2) is 18.0. The van der Waals surface area contributed by atoms with Crippen LogP contribution in [-0.4, -0.2) is 21.0 Å². The van der Waals surface area contributed by atoms with Crippen LogP contribution in [0.15, 0.2) is 170 Å². The Kier molecular flexibility index (Phi) is 12.1. The maximum absolute atomic E-state index is 2.87. The van der Waals surface area contributed by atoms with Gasteiger partial charge in [0.1, 0.15) is 0 Å². The predicted octanol–water partition coefficient (Wildman–Crippen LogP) is 17.7. The molecule has 0 amide bonds. The van der Waals surface area contributed by atoms with E-state index in [-0.39, 0.29) is 44.7 Å². The first-order valence-corrected chi connectivity index (χ1v) is 32.4. The molecule has 8 aromatic rings. The van der Waals surface area contributed by atoms with E-state index < -0.39 is 8.80 Å². The molecule has 3 heterocycles. The second-order valence-corrected chi connectivity index (χ2v) is 32.2. The standard InChI is InChI=1S/C74H84BN3Si/c1-68(2,3)50-33-37-60(55(40-50)48-26-20-18-21-27-48)76-63-31-25-24-30-58(63)75-59-36-32-52(70(7,8)9)42-64(59)77(61-38-34-51(69(4,5)6)41-56(61)49-28-22-19-23-29-49)66-44-53(43-65(76)67(66)75)78-62-39-35-54(79(16)17)45-57(62)73(14)46-71(10,11)72(12,13)47-74(73,78)15/h18-45,79H,46-47H2,1-17H3. The van der Waals surface area contributed by atoms with Crippen molar-refractivity contribution in [1.29, 1.82) is 0 Å². The summed E-state index contributed by atoms with van der Waals surface area (Å²) in [7, 11) is -1.14. The van der Waals surface area contributed by atoms with Crippen molar-refractivity contribution in [2.45, 2.75) is 157 Å². The van der Waals surface area contributed by atoms with Gasteiger partial charge in [0.2, 0.25) is 0 Å². The zero-order chi connectivity index (χ0) is 56.1. The van der Waals surface area contributed by atoms with Crippen molar-refractivity contribution < 1.29 is 0 Å². The lowest BCUT2D eigenvalue weighted by atomic mass is 9.33. The Hall–Kier alpha value is -6.56. The Bertz CT molecular complexity index is 3720. The molecule has 0 bridgehead atoms. The van der Waals surface area contributed by atoms with Gasteiger partial charge in [0.25, 0.3) is 6.71 Å². The molecule has 1 fully saturated rings. The van der Waals surface area contributed by atoms with Crippen molar-refractivity contribution >= 4 is 82.6 Å². The normalized spacial score (nSPS) is 19.9. The van der Waals surface area contributed by atoms with Crippen LogP contribution in [-0.2, 0) is 21.7 Å². The highest BCUT2D eigenvalue weighted by molar-refractivity contribution is 7.00. The maximum atomic E-state index is 2.87. The lowest BCUT2D eigenvalue weighted by Gasteiger charge is -2.61. The predicted molar refractivity (Wildman–Crippen MR) is 347 cm³/mol. The van der Waals surface area contributed by atoms with E-state index in [2.05, 4.69) is 302 Å². The molecule has 0 aromatic heterocycles. The molecular formula is C74H84BN3Si. The lowest BCUT2D eigenvalue weighted by molar-refractivity contribution is -0.0311. The van der Waals surface area contributed by atoms with Gasteiger partial charge in [-0.2, -0.15) is 0 Å². The summed E-state index contributed by atoms with van der Waals surface area (Å²) >= 11 is 0. The first-order valence-electron chi connectivity index (χ1n) is 29.5. The summed E-state index contributed by atoms with van der Waals surface area (Å²) < 4.78 is 0. The van der Waals surface area contributed by atoms with E-state index in [9.17, 15) is 0 Å². The van der Waals surface area contributed by atoms with E-state index in [0.717, 1.165) is 12.8 Å². The van der Waals surface area contributed by atoms with Crippen molar-refractivity contribution in [3.05, 3.63) is 192 Å². The van der Waals surface area contributed by atoms with Crippen molar-refractivity contribution in [3.63, 3.8) is 0 Å². The largest absolute Gasteiger partial charge is 0.334 e. The quantitative estimate of drug-likeness (QED) is 0.154. The third-order valence-electron chi connectivity index (χ3n) is 20.1. The summed E-state index contributed by atoms with van der Waals surface area (Å²) in [5, 5.41) is 1.55. The summed E-state index contributed by atoms with van der Waals surface area (Å²) in [5.74, 6) is 0. The van der Waals surface area contributed by atoms with Crippen molar-refractivity contribution in [3.8, 4) is 22.3 Å². The van der Waals surface area contributed by atoms with Crippen LogP contribution in [0.2, 0.25) is 13.1 Å². The number of hydrogen-bond acceptors (Lipinski definition) is 3. The van der Waals surface area contributed by atoms with Gasteiger partial charge in [0.05, 0.1) is 25.7 Å². The fourth-order valence-corrected chi connectivity index (χ4v) is 15.7. The van der Waals surface area contributed by atoms with Crippen LogP contribution in [0, 0.1) is 10.8 Å². The van der Waals surface area contributed by atoms with Gasteiger partial charge in [0, 0.05) is 50.7 Å². The van der Waals surface area contributed by atoms with Crippen LogP contribution in [0.25, 0.3) is 22.3 Å². The minimum absolute atomic E-state index is 0.0329. The molecule has 1 saturated carbocycles. The Morgan fingerprint density at radius 1 is 0.418 bits per heavy atom. The Balaban J connectivity index is 1.25. The maximum Gasteiger partial charge on any atom is 0.252 e. The van der Waals surface area contributed by atoms with Gasteiger partial charge in [-0.1, -0.05) is 230 Å². The van der Waals surface area contributed by atoms with Gasteiger partial charge in [-0.25, -0.2) is 0 Å². The highest BCUT2D eigenvalue weighted by Crippen LogP contribution is 2.69. The van der Waals surface area contributed by atoms with Crippen LogP contribution in [0.3, 0.4) is 0 Å². The molecule has 2 atom stereocenters. The molecule has 0 saturated heterocycles. The van der Waals surface area contributed by atoms with E-state index in [1.807, 2.05) is 0 Å². The summed E-state index contributed by atoms with van der Waals surface area (Å²) in [5.41, 5.74) is 24.0. The minimum Gasteiger partial charge on any atom is -0.334 e. The number of para-hydroxylation sites is 1. The van der Waals surface area contributed by atoms with Crippen LogP contribution < -0.4 is 36.3 Å². The highest BCUT2D eigenvalue weighted by atomic mass is 28.3. The van der Waals surface area contributed by atoms with Gasteiger partial charge in [-0.3, -0.25) is 0 Å². The van der Waals surface area contributed by atoms with E-state index in [1.54, 1.807) is 5.19 Å². The van der Waals surface area contributed by atoms with Gasteiger partial charge >= 0.3 is 0 Å². The Morgan fingerprint density at radius 2 is 0.873 bits per heavy atom. The van der Waals surface area contributed by atoms with Crippen LogP contribution >= 0.6 is 0 Å². The molecule has 0 N–H and O–H groups in total. The van der Waals surface area contributed by atoms with Gasteiger partial charge in [-0.05, 0) is 151 Å². The molecule has 0 spiro atoms. The second-order valence-electron chi connectivity index (χ2n) is 29.3. The molecule has 2 unspecified atom stereocenters. The van der Waals surface area contributed by atoms with Crippen LogP contribution in [0.4, 0.5) is 45.5 Å². The molecule has 5 heteroatoms. The molecule has 79 heavy (non-hydrogen) atoms.